The number of aromatic nitrogens is 2. The van der Waals surface area contributed by atoms with Gasteiger partial charge in [0.25, 0.3) is 0 Å². The number of hydrogen-bond acceptors (Lipinski definition) is 9. The molecule has 0 unspecified atom stereocenters. The van der Waals surface area contributed by atoms with Gasteiger partial charge in [-0.3, -0.25) is 10.7 Å². The first kappa shape index (κ1) is 24.3. The lowest BCUT2D eigenvalue weighted by Gasteiger charge is -2.05. The lowest BCUT2D eigenvalue weighted by atomic mass is 10.3. The van der Waals surface area contributed by atoms with Crippen LogP contribution in [0, 0.1) is 5.82 Å². The molecule has 12 heteroatoms. The Morgan fingerprint density at radius 3 is 2.62 bits per heavy atom. The summed E-state index contributed by atoms with van der Waals surface area (Å²) < 4.78 is 18.2. The maximum absolute atomic E-state index is 13.2. The number of thioether (sulfide) groups is 1. The normalized spacial score (nSPS) is 10.2. The minimum absolute atomic E-state index is 0.0337. The number of amidine groups is 1. The summed E-state index contributed by atoms with van der Waals surface area (Å²) in [7, 11) is 3.00. The Morgan fingerprint density at radius 1 is 1.35 bits per heavy atom. The number of anilines is 1. The van der Waals surface area contributed by atoms with Gasteiger partial charge in [-0.25, -0.2) is 14.0 Å². The molecule has 26 heavy (non-hydrogen) atoms. The molecule has 2 rings (SSSR count). The number of nitrogens with one attached hydrogen (secondary N) is 2. The van der Waals surface area contributed by atoms with Crippen molar-refractivity contribution in [3.05, 3.63) is 34.2 Å². The molecule has 0 aliphatic heterocycles. The van der Waals surface area contributed by atoms with Crippen molar-refractivity contribution in [2.24, 2.45) is 16.5 Å². The van der Waals surface area contributed by atoms with E-state index in [1.54, 1.807) is 11.8 Å². The number of hydroxylamine groups is 1. The van der Waals surface area contributed by atoms with Gasteiger partial charge in [-0.1, -0.05) is 0 Å². The Morgan fingerprint density at radius 2 is 2.04 bits per heavy atom. The van der Waals surface area contributed by atoms with Crippen LogP contribution in [0.5, 0.6) is 0 Å². The molecular formula is C14H23BrFN7O2S. The molecule has 7 N–H and O–H groups in total. The SMILES string of the molecule is CN.CN.CSCCNc1nonc1C(=Nc1ccc(F)c(Br)c1)NO. The van der Waals surface area contributed by atoms with Gasteiger partial charge in [0.05, 0.1) is 10.2 Å². The highest BCUT2D eigenvalue weighted by Crippen LogP contribution is 2.23. The summed E-state index contributed by atoms with van der Waals surface area (Å²) in [6.07, 6.45) is 1.98. The third kappa shape index (κ3) is 7.66. The highest BCUT2D eigenvalue weighted by molar-refractivity contribution is 9.10. The molecule has 1 heterocycles. The molecule has 0 radical (unpaired) electrons. The maximum atomic E-state index is 13.2. The van der Waals surface area contributed by atoms with Gasteiger partial charge in [0.15, 0.2) is 11.5 Å². The summed E-state index contributed by atoms with van der Waals surface area (Å²) in [6.45, 7) is 0.656. The molecular weight excluding hydrogens is 429 g/mol. The lowest BCUT2D eigenvalue weighted by molar-refractivity contribution is 0.234. The van der Waals surface area contributed by atoms with E-state index in [4.69, 9.17) is 0 Å². The van der Waals surface area contributed by atoms with E-state index in [1.807, 2.05) is 11.7 Å². The Hall–Kier alpha value is -1.73. The molecule has 1 aromatic carbocycles. The van der Waals surface area contributed by atoms with Crippen LogP contribution in [0.1, 0.15) is 5.69 Å². The number of aliphatic imine (C=N–C) groups is 1. The molecule has 0 saturated heterocycles. The third-order valence-electron chi connectivity index (χ3n) is 2.56. The summed E-state index contributed by atoms with van der Waals surface area (Å²) in [5.41, 5.74) is 11.6. The monoisotopic (exact) mass is 451 g/mol. The standard InChI is InChI=1S/C12H13BrFN5O2S.2CH5N/c1-22-5-4-15-11-10(18-21-19-11)12(17-20)16-7-2-3-9(14)8(13)6-7;2*1-2/h2-3,6,20H,4-5H2,1H3,(H,15,19)(H,16,17);2*2H2,1H3. The van der Waals surface area contributed by atoms with Crippen LogP contribution in [0.2, 0.25) is 0 Å². The summed E-state index contributed by atoms with van der Waals surface area (Å²) in [5, 5.41) is 19.7. The van der Waals surface area contributed by atoms with Crippen molar-refractivity contribution in [3.63, 3.8) is 0 Å². The second-order valence-electron chi connectivity index (χ2n) is 4.05. The van der Waals surface area contributed by atoms with E-state index in [-0.39, 0.29) is 16.0 Å². The molecule has 0 fully saturated rings. The highest BCUT2D eigenvalue weighted by Gasteiger charge is 2.16. The number of nitrogens with zero attached hydrogens (tertiary/aromatic N) is 3. The minimum Gasteiger partial charge on any atom is -0.364 e. The van der Waals surface area contributed by atoms with Crippen molar-refractivity contribution >= 4 is 45.0 Å². The second kappa shape index (κ2) is 14.4. The average molecular weight is 452 g/mol. The van der Waals surface area contributed by atoms with Crippen LogP contribution in [-0.4, -0.2) is 54.0 Å². The van der Waals surface area contributed by atoms with E-state index in [1.165, 1.54) is 32.3 Å². The van der Waals surface area contributed by atoms with Crippen LogP contribution in [0.3, 0.4) is 0 Å². The fraction of sp³-hybridized carbons (Fsp3) is 0.357. The van der Waals surface area contributed by atoms with Crippen LogP contribution in [0.15, 0.2) is 32.3 Å². The first-order valence-corrected chi connectivity index (χ1v) is 9.49. The average Bonchev–Trinajstić information content (AvgIpc) is 3.14. The van der Waals surface area contributed by atoms with Crippen LogP contribution in [-0.2, 0) is 0 Å². The number of rotatable bonds is 6. The van der Waals surface area contributed by atoms with E-state index in [2.05, 4.69) is 52.6 Å². The zero-order chi connectivity index (χ0) is 19.9. The Labute approximate surface area is 163 Å². The molecule has 0 aliphatic rings. The fourth-order valence-electron chi connectivity index (χ4n) is 1.55. The summed E-state index contributed by atoms with van der Waals surface area (Å²) >= 11 is 4.75. The molecule has 0 aliphatic carbocycles. The second-order valence-corrected chi connectivity index (χ2v) is 5.89. The van der Waals surface area contributed by atoms with Gasteiger partial charge in [-0.15, -0.1) is 0 Å². The largest absolute Gasteiger partial charge is 0.364 e. The van der Waals surface area contributed by atoms with Crippen molar-refractivity contribution in [2.75, 3.05) is 38.0 Å². The van der Waals surface area contributed by atoms with Crippen molar-refractivity contribution in [2.45, 2.75) is 0 Å². The van der Waals surface area contributed by atoms with Gasteiger partial charge in [0, 0.05) is 12.3 Å². The summed E-state index contributed by atoms with van der Waals surface area (Å²) in [5.74, 6) is 0.859. The molecule has 0 bridgehead atoms. The molecule has 0 saturated carbocycles. The van der Waals surface area contributed by atoms with Crippen molar-refractivity contribution < 1.29 is 14.2 Å². The quantitative estimate of drug-likeness (QED) is 0.192. The van der Waals surface area contributed by atoms with Crippen LogP contribution >= 0.6 is 27.7 Å². The summed E-state index contributed by atoms with van der Waals surface area (Å²) in [6, 6.07) is 4.20. The van der Waals surface area contributed by atoms with Gasteiger partial charge in [-0.2, -0.15) is 11.8 Å². The van der Waals surface area contributed by atoms with Crippen molar-refractivity contribution in [3.8, 4) is 0 Å². The van der Waals surface area contributed by atoms with Gasteiger partial charge in [-0.05, 0) is 64.8 Å². The van der Waals surface area contributed by atoms with E-state index in [9.17, 15) is 9.60 Å². The Balaban J connectivity index is 0.00000146. The molecule has 0 amide bonds. The predicted molar refractivity (Wildman–Crippen MR) is 107 cm³/mol. The van der Waals surface area contributed by atoms with Crippen LogP contribution in [0.25, 0.3) is 0 Å². The molecule has 146 valence electrons. The van der Waals surface area contributed by atoms with Crippen LogP contribution < -0.4 is 22.3 Å². The molecule has 1 aromatic heterocycles. The number of hydrogen-bond donors (Lipinski definition) is 5. The highest BCUT2D eigenvalue weighted by atomic mass is 79.9. The number of halogens is 2. The van der Waals surface area contributed by atoms with E-state index in [0.717, 1.165) is 5.75 Å². The number of benzene rings is 1. The molecule has 9 nitrogen and oxygen atoms in total. The Kier molecular flexibility index (Phi) is 13.5. The molecule has 0 atom stereocenters. The smallest absolute Gasteiger partial charge is 0.202 e. The molecule has 0 spiro atoms. The fourth-order valence-corrected chi connectivity index (χ4v) is 2.22. The van der Waals surface area contributed by atoms with E-state index < -0.39 is 5.82 Å². The number of nitrogens with two attached hydrogens (primary N) is 2. The maximum Gasteiger partial charge on any atom is 0.202 e. The Bertz CT molecular complexity index is 672. The van der Waals surface area contributed by atoms with Gasteiger partial charge in [0.2, 0.25) is 5.82 Å². The third-order valence-corrected chi connectivity index (χ3v) is 3.78. The van der Waals surface area contributed by atoms with Gasteiger partial charge < -0.3 is 16.8 Å². The van der Waals surface area contributed by atoms with Crippen molar-refractivity contribution in [1.82, 2.24) is 15.8 Å². The van der Waals surface area contributed by atoms with Gasteiger partial charge >= 0.3 is 0 Å². The molecule has 2 aromatic rings. The van der Waals surface area contributed by atoms with E-state index in [0.29, 0.717) is 18.1 Å². The minimum atomic E-state index is -0.403. The van der Waals surface area contributed by atoms with E-state index >= 15 is 0 Å². The first-order valence-electron chi connectivity index (χ1n) is 7.30. The first-order chi connectivity index (χ1) is 12.7. The predicted octanol–water partition coefficient (Wildman–Crippen LogP) is 1.95. The zero-order valence-electron chi connectivity index (χ0n) is 14.7. The zero-order valence-corrected chi connectivity index (χ0v) is 17.1. The topological polar surface area (TPSA) is 148 Å². The summed E-state index contributed by atoms with van der Waals surface area (Å²) in [4.78, 5) is 4.16. The lowest BCUT2D eigenvalue weighted by Crippen LogP contribution is -2.22. The van der Waals surface area contributed by atoms with Crippen molar-refractivity contribution in [1.29, 1.82) is 0 Å². The van der Waals surface area contributed by atoms with Gasteiger partial charge in [0.1, 0.15) is 5.82 Å². The van der Waals surface area contributed by atoms with Crippen LogP contribution in [0.4, 0.5) is 15.9 Å².